The number of rotatable bonds is 4. The molecule has 3 heterocycles. The highest BCUT2D eigenvalue weighted by molar-refractivity contribution is 5.85. The van der Waals surface area contributed by atoms with Crippen LogP contribution >= 0.6 is 0 Å². The van der Waals surface area contributed by atoms with E-state index in [1.807, 2.05) is 36.7 Å². The second kappa shape index (κ2) is 8.01. The van der Waals surface area contributed by atoms with Crippen molar-refractivity contribution in [2.24, 2.45) is 0 Å². The number of hydrogen-bond donors (Lipinski definition) is 1. The minimum atomic E-state index is -0.153. The lowest BCUT2D eigenvalue weighted by Gasteiger charge is -2.39. The Morgan fingerprint density at radius 2 is 1.90 bits per heavy atom. The molecule has 0 radical (unpaired) electrons. The Hall–Kier alpha value is -3.02. The molecule has 1 fully saturated rings. The molecule has 1 saturated heterocycles. The maximum Gasteiger partial charge on any atom is 0.127 e. The number of piperazine rings is 1. The molecular formula is C25H25FN4. The second-order valence-corrected chi connectivity index (χ2v) is 8.09. The highest BCUT2D eigenvalue weighted by atomic mass is 19.1. The van der Waals surface area contributed by atoms with Gasteiger partial charge in [0.1, 0.15) is 5.82 Å². The zero-order valence-electron chi connectivity index (χ0n) is 17.1. The van der Waals surface area contributed by atoms with E-state index in [-0.39, 0.29) is 11.9 Å². The number of fused-ring (bicyclic) bond motifs is 1. The van der Waals surface area contributed by atoms with Crippen LogP contribution in [0, 0.1) is 5.82 Å². The Morgan fingerprint density at radius 1 is 1.03 bits per heavy atom. The minimum absolute atomic E-state index is 0.153. The first-order valence-electron chi connectivity index (χ1n) is 10.4. The van der Waals surface area contributed by atoms with E-state index in [9.17, 15) is 4.39 Å². The first-order chi connectivity index (χ1) is 14.7. The summed E-state index contributed by atoms with van der Waals surface area (Å²) >= 11 is 0. The molecule has 0 bridgehead atoms. The van der Waals surface area contributed by atoms with Gasteiger partial charge in [0, 0.05) is 49.7 Å². The van der Waals surface area contributed by atoms with Gasteiger partial charge in [0.2, 0.25) is 0 Å². The van der Waals surface area contributed by atoms with Crippen molar-refractivity contribution in [3.8, 4) is 11.1 Å². The fraction of sp³-hybridized carbons (Fsp3) is 0.240. The third-order valence-corrected chi connectivity index (χ3v) is 6.03. The van der Waals surface area contributed by atoms with Crippen LogP contribution in [0.4, 0.5) is 4.39 Å². The van der Waals surface area contributed by atoms with Gasteiger partial charge in [-0.3, -0.25) is 9.88 Å². The molecule has 0 spiro atoms. The van der Waals surface area contributed by atoms with Crippen LogP contribution in [0.5, 0.6) is 0 Å². The predicted octanol–water partition coefficient (Wildman–Crippen LogP) is 4.86. The van der Waals surface area contributed by atoms with Gasteiger partial charge in [-0.2, -0.15) is 0 Å². The molecule has 1 atom stereocenters. The topological polar surface area (TPSA) is 35.2 Å². The van der Waals surface area contributed by atoms with Crippen LogP contribution < -0.4 is 0 Å². The zero-order valence-corrected chi connectivity index (χ0v) is 17.1. The van der Waals surface area contributed by atoms with E-state index in [0.29, 0.717) is 6.54 Å². The smallest absolute Gasteiger partial charge is 0.127 e. The summed E-state index contributed by atoms with van der Waals surface area (Å²) in [5.41, 5.74) is 5.02. The van der Waals surface area contributed by atoms with E-state index in [0.717, 1.165) is 52.9 Å². The largest absolute Gasteiger partial charge is 0.361 e. The normalized spacial score (nSPS) is 18.1. The molecule has 152 valence electrons. The highest BCUT2D eigenvalue weighted by Crippen LogP contribution is 2.29. The lowest BCUT2D eigenvalue weighted by Crippen LogP contribution is -2.46. The maximum atomic E-state index is 14.8. The van der Waals surface area contributed by atoms with E-state index < -0.39 is 0 Å². The monoisotopic (exact) mass is 400 g/mol. The molecule has 30 heavy (non-hydrogen) atoms. The van der Waals surface area contributed by atoms with Gasteiger partial charge in [-0.05, 0) is 66.0 Å². The molecule has 5 heteroatoms. The molecule has 4 aromatic rings. The summed E-state index contributed by atoms with van der Waals surface area (Å²) in [6.45, 7) is 3.31. The number of likely N-dealkylation sites (N-methyl/N-ethyl adjacent to an activating group) is 1. The molecule has 2 aromatic carbocycles. The van der Waals surface area contributed by atoms with Crippen molar-refractivity contribution in [3.63, 3.8) is 0 Å². The predicted molar refractivity (Wildman–Crippen MR) is 119 cm³/mol. The molecule has 1 aliphatic rings. The third-order valence-electron chi connectivity index (χ3n) is 6.03. The maximum absolute atomic E-state index is 14.8. The van der Waals surface area contributed by atoms with E-state index in [4.69, 9.17) is 0 Å². The van der Waals surface area contributed by atoms with E-state index in [1.165, 1.54) is 0 Å². The van der Waals surface area contributed by atoms with Crippen molar-refractivity contribution in [2.75, 3.05) is 26.7 Å². The number of hydrogen-bond acceptors (Lipinski definition) is 3. The van der Waals surface area contributed by atoms with Crippen molar-refractivity contribution in [1.29, 1.82) is 0 Å². The van der Waals surface area contributed by atoms with E-state index >= 15 is 0 Å². The fourth-order valence-corrected chi connectivity index (χ4v) is 4.33. The quantitative estimate of drug-likeness (QED) is 0.531. The van der Waals surface area contributed by atoms with Gasteiger partial charge in [-0.1, -0.05) is 18.2 Å². The summed E-state index contributed by atoms with van der Waals surface area (Å²) < 4.78 is 14.8. The van der Waals surface area contributed by atoms with Crippen LogP contribution in [-0.4, -0.2) is 46.4 Å². The number of H-pyrrole nitrogens is 1. The van der Waals surface area contributed by atoms with Crippen LogP contribution in [0.15, 0.2) is 73.1 Å². The van der Waals surface area contributed by atoms with Crippen molar-refractivity contribution >= 4 is 10.9 Å². The van der Waals surface area contributed by atoms with Crippen LogP contribution in [-0.2, 0) is 6.54 Å². The average Bonchev–Trinajstić information content (AvgIpc) is 3.25. The van der Waals surface area contributed by atoms with Gasteiger partial charge in [-0.15, -0.1) is 0 Å². The Morgan fingerprint density at radius 3 is 2.77 bits per heavy atom. The lowest BCUT2D eigenvalue weighted by molar-refractivity contribution is 0.0800. The van der Waals surface area contributed by atoms with Gasteiger partial charge in [-0.25, -0.2) is 4.39 Å². The lowest BCUT2D eigenvalue weighted by atomic mass is 10.00. The zero-order chi connectivity index (χ0) is 20.5. The molecule has 2 aromatic heterocycles. The Labute approximate surface area is 176 Å². The molecule has 0 saturated carbocycles. The van der Waals surface area contributed by atoms with Crippen molar-refractivity contribution < 1.29 is 4.39 Å². The number of aromatic amines is 1. The van der Waals surface area contributed by atoms with Crippen molar-refractivity contribution in [1.82, 2.24) is 19.8 Å². The summed E-state index contributed by atoms with van der Waals surface area (Å²) in [6, 6.07) is 20.0. The molecule has 0 aliphatic carbocycles. The minimum Gasteiger partial charge on any atom is -0.361 e. The molecule has 5 rings (SSSR count). The molecule has 1 N–H and O–H groups in total. The number of nitrogens with one attached hydrogen (secondary N) is 1. The summed E-state index contributed by atoms with van der Waals surface area (Å²) in [6.07, 6.45) is 3.77. The Balaban J connectivity index is 1.45. The van der Waals surface area contributed by atoms with E-state index in [2.05, 4.69) is 57.1 Å². The fourth-order valence-electron chi connectivity index (χ4n) is 4.33. The van der Waals surface area contributed by atoms with Crippen LogP contribution in [0.3, 0.4) is 0 Å². The van der Waals surface area contributed by atoms with Crippen LogP contribution in [0.1, 0.15) is 17.3 Å². The Bertz CT molecular complexity index is 1150. The van der Waals surface area contributed by atoms with Crippen molar-refractivity contribution in [3.05, 3.63) is 90.1 Å². The molecule has 0 amide bonds. The summed E-state index contributed by atoms with van der Waals surface area (Å²) in [5, 5.41) is 1.16. The SMILES string of the molecule is CN1CCN(Cc2cc(-c3ccc4[nH]ccc4c3)ccc2F)C(c2ccccn2)C1. The number of halogens is 1. The number of nitrogens with zero attached hydrogens (tertiary/aromatic N) is 3. The Kier molecular flexibility index (Phi) is 5.07. The average molecular weight is 401 g/mol. The molecular weight excluding hydrogens is 375 g/mol. The molecule has 1 unspecified atom stereocenters. The van der Waals surface area contributed by atoms with Crippen LogP contribution in [0.2, 0.25) is 0 Å². The van der Waals surface area contributed by atoms with E-state index in [1.54, 1.807) is 6.07 Å². The highest BCUT2D eigenvalue weighted by Gasteiger charge is 2.28. The summed E-state index contributed by atoms with van der Waals surface area (Å²) in [4.78, 5) is 12.5. The van der Waals surface area contributed by atoms with Crippen molar-refractivity contribution in [2.45, 2.75) is 12.6 Å². The van der Waals surface area contributed by atoms with Gasteiger partial charge in [0.15, 0.2) is 0 Å². The second-order valence-electron chi connectivity index (χ2n) is 8.09. The number of pyridine rings is 1. The molecule has 1 aliphatic heterocycles. The number of aromatic nitrogens is 2. The summed E-state index contributed by atoms with van der Waals surface area (Å²) in [7, 11) is 2.13. The third kappa shape index (κ3) is 3.74. The first kappa shape index (κ1) is 19.0. The van der Waals surface area contributed by atoms with Gasteiger partial charge >= 0.3 is 0 Å². The summed E-state index contributed by atoms with van der Waals surface area (Å²) in [5.74, 6) is -0.153. The van der Waals surface area contributed by atoms with Gasteiger partial charge in [0.05, 0.1) is 11.7 Å². The molecule has 4 nitrogen and oxygen atoms in total. The van der Waals surface area contributed by atoms with Gasteiger partial charge in [0.25, 0.3) is 0 Å². The first-order valence-corrected chi connectivity index (χ1v) is 10.4. The standard InChI is InChI=1S/C25H25FN4/c1-29-12-13-30(25(17-29)24-4-2-3-10-27-24)16-21-15-18(5-7-22(21)26)19-6-8-23-20(14-19)9-11-28-23/h2-11,14-15,25,28H,12-13,16-17H2,1H3. The van der Waals surface area contributed by atoms with Crippen LogP contribution in [0.25, 0.3) is 22.0 Å². The number of benzene rings is 2. The van der Waals surface area contributed by atoms with Gasteiger partial charge < -0.3 is 9.88 Å².